The number of furan rings is 1. The van der Waals surface area contributed by atoms with Crippen molar-refractivity contribution < 1.29 is 9.21 Å². The molecule has 0 aliphatic carbocycles. The Kier molecular flexibility index (Phi) is 8.92. The molecule has 7 heteroatoms. The third-order valence-electron chi connectivity index (χ3n) is 3.25. The van der Waals surface area contributed by atoms with Gasteiger partial charge in [-0.2, -0.15) is 0 Å². The van der Waals surface area contributed by atoms with Crippen LogP contribution in [0.3, 0.4) is 0 Å². The molecule has 3 N–H and O–H groups in total. The quantitative estimate of drug-likeness (QED) is 0.278. The number of benzene rings is 1. The molecule has 1 heterocycles. The zero-order valence-corrected chi connectivity index (χ0v) is 16.2. The Balaban J connectivity index is 0.00000288. The third-order valence-corrected chi connectivity index (χ3v) is 3.25. The number of guanidine groups is 1. The van der Waals surface area contributed by atoms with E-state index in [1.807, 2.05) is 0 Å². The van der Waals surface area contributed by atoms with Gasteiger partial charge in [-0.3, -0.25) is 9.79 Å². The van der Waals surface area contributed by atoms with Crippen LogP contribution < -0.4 is 16.0 Å². The number of aryl methyl sites for hydroxylation is 1. The number of hydrogen-bond donors (Lipinski definition) is 3. The topological polar surface area (TPSA) is 78.7 Å². The Labute approximate surface area is 159 Å². The maximum Gasteiger partial charge on any atom is 0.287 e. The lowest BCUT2D eigenvalue weighted by Gasteiger charge is -2.12. The monoisotopic (exact) mass is 442 g/mol. The molecule has 130 valence electrons. The molecule has 0 atom stereocenters. The van der Waals surface area contributed by atoms with Gasteiger partial charge in [-0.1, -0.05) is 29.8 Å². The van der Waals surface area contributed by atoms with Crippen molar-refractivity contribution in [2.24, 2.45) is 4.99 Å². The van der Waals surface area contributed by atoms with Crippen LogP contribution >= 0.6 is 24.0 Å². The van der Waals surface area contributed by atoms with Crippen molar-refractivity contribution in [3.63, 3.8) is 0 Å². The summed E-state index contributed by atoms with van der Waals surface area (Å²) in [6.45, 7) is 3.80. The van der Waals surface area contributed by atoms with Crippen LogP contribution in [-0.4, -0.2) is 32.0 Å². The van der Waals surface area contributed by atoms with Crippen molar-refractivity contribution in [3.8, 4) is 0 Å². The summed E-state index contributed by atoms with van der Waals surface area (Å²) in [6.07, 6.45) is 1.48. The molecule has 1 aromatic heterocycles. The summed E-state index contributed by atoms with van der Waals surface area (Å²) in [7, 11) is 1.71. The number of hydrogen-bond acceptors (Lipinski definition) is 3. The maximum absolute atomic E-state index is 11.7. The molecule has 1 amide bonds. The molecule has 0 unspecified atom stereocenters. The summed E-state index contributed by atoms with van der Waals surface area (Å²) >= 11 is 0. The molecule has 0 radical (unpaired) electrons. The Morgan fingerprint density at radius 3 is 2.42 bits per heavy atom. The van der Waals surface area contributed by atoms with Crippen LogP contribution in [0.4, 0.5) is 0 Å². The average Bonchev–Trinajstić information content (AvgIpc) is 3.10. The minimum atomic E-state index is -0.223. The number of amides is 1. The van der Waals surface area contributed by atoms with Gasteiger partial charge >= 0.3 is 0 Å². The molecule has 24 heavy (non-hydrogen) atoms. The second-order valence-electron chi connectivity index (χ2n) is 5.07. The first-order valence-electron chi connectivity index (χ1n) is 7.51. The van der Waals surface area contributed by atoms with E-state index < -0.39 is 0 Å². The summed E-state index contributed by atoms with van der Waals surface area (Å²) < 4.78 is 5.02. The Hall–Kier alpha value is -2.03. The van der Waals surface area contributed by atoms with Crippen LogP contribution in [0.2, 0.25) is 0 Å². The van der Waals surface area contributed by atoms with E-state index in [0.717, 1.165) is 0 Å². The number of halogens is 1. The lowest BCUT2D eigenvalue weighted by Crippen LogP contribution is -2.41. The van der Waals surface area contributed by atoms with Gasteiger partial charge in [-0.15, -0.1) is 24.0 Å². The van der Waals surface area contributed by atoms with Crippen LogP contribution in [0.25, 0.3) is 0 Å². The molecule has 0 aliphatic heterocycles. The Morgan fingerprint density at radius 1 is 1.08 bits per heavy atom. The molecule has 0 saturated carbocycles. The molecule has 2 rings (SSSR count). The second kappa shape index (κ2) is 10.7. The van der Waals surface area contributed by atoms with Crippen LogP contribution in [0.1, 0.15) is 21.7 Å². The van der Waals surface area contributed by atoms with E-state index >= 15 is 0 Å². The Bertz CT molecular complexity index is 639. The van der Waals surface area contributed by atoms with E-state index in [1.54, 1.807) is 19.2 Å². The fourth-order valence-electron chi connectivity index (χ4n) is 1.96. The van der Waals surface area contributed by atoms with Crippen molar-refractivity contribution in [1.82, 2.24) is 16.0 Å². The fourth-order valence-corrected chi connectivity index (χ4v) is 1.96. The zero-order valence-electron chi connectivity index (χ0n) is 13.8. The first-order valence-corrected chi connectivity index (χ1v) is 7.51. The van der Waals surface area contributed by atoms with Crippen molar-refractivity contribution in [1.29, 1.82) is 0 Å². The molecule has 0 aliphatic rings. The maximum atomic E-state index is 11.7. The average molecular weight is 442 g/mol. The standard InChI is InChI=1S/C17H22N4O2.HI/c1-13-5-7-14(8-6-13)12-21-17(18-2)20-10-9-19-16(22)15-4-3-11-23-15;/h3-8,11H,9-10,12H2,1-2H3,(H,19,22)(H2,18,20,21);1H. The van der Waals surface area contributed by atoms with E-state index in [1.165, 1.54) is 17.4 Å². The van der Waals surface area contributed by atoms with E-state index in [9.17, 15) is 4.79 Å². The third kappa shape index (κ3) is 6.61. The van der Waals surface area contributed by atoms with Crippen molar-refractivity contribution in [3.05, 3.63) is 59.5 Å². The minimum absolute atomic E-state index is 0. The van der Waals surface area contributed by atoms with Crippen molar-refractivity contribution in [2.75, 3.05) is 20.1 Å². The summed E-state index contributed by atoms with van der Waals surface area (Å²) in [5.41, 5.74) is 2.42. The lowest BCUT2D eigenvalue weighted by molar-refractivity contribution is 0.0926. The highest BCUT2D eigenvalue weighted by atomic mass is 127. The molecule has 0 fully saturated rings. The van der Waals surface area contributed by atoms with E-state index in [-0.39, 0.29) is 29.9 Å². The van der Waals surface area contributed by atoms with Crippen LogP contribution in [-0.2, 0) is 6.54 Å². The summed E-state index contributed by atoms with van der Waals surface area (Å²) in [5.74, 6) is 0.782. The molecular formula is C17H23IN4O2. The number of carbonyl (C=O) groups excluding carboxylic acids is 1. The van der Waals surface area contributed by atoms with Gasteiger partial charge in [0.05, 0.1) is 6.26 Å². The molecule has 6 nitrogen and oxygen atoms in total. The van der Waals surface area contributed by atoms with Crippen LogP contribution in [0.5, 0.6) is 0 Å². The highest BCUT2D eigenvalue weighted by Gasteiger charge is 2.06. The smallest absolute Gasteiger partial charge is 0.287 e. The highest BCUT2D eigenvalue weighted by molar-refractivity contribution is 14.0. The van der Waals surface area contributed by atoms with Gasteiger partial charge in [0.25, 0.3) is 5.91 Å². The SMILES string of the molecule is CN=C(NCCNC(=O)c1ccco1)NCc1ccc(C)cc1.I. The number of carbonyl (C=O) groups is 1. The summed E-state index contributed by atoms with van der Waals surface area (Å²) in [5, 5.41) is 9.14. The van der Waals surface area contributed by atoms with Crippen LogP contribution in [0, 0.1) is 6.92 Å². The molecule has 2 aromatic rings. The molecular weight excluding hydrogens is 419 g/mol. The highest BCUT2D eigenvalue weighted by Crippen LogP contribution is 2.02. The first-order chi connectivity index (χ1) is 11.2. The number of nitrogens with one attached hydrogen (secondary N) is 3. The summed E-state index contributed by atoms with van der Waals surface area (Å²) in [4.78, 5) is 15.8. The number of aliphatic imine (C=N–C) groups is 1. The number of rotatable bonds is 6. The van der Waals surface area contributed by atoms with Gasteiger partial charge < -0.3 is 20.4 Å². The van der Waals surface area contributed by atoms with Gasteiger partial charge in [-0.05, 0) is 24.6 Å². The predicted octanol–water partition coefficient (Wildman–Crippen LogP) is 2.30. The molecule has 0 bridgehead atoms. The van der Waals surface area contributed by atoms with Gasteiger partial charge in [0.2, 0.25) is 0 Å². The van der Waals surface area contributed by atoms with Gasteiger partial charge in [0, 0.05) is 26.7 Å². The van der Waals surface area contributed by atoms with Gasteiger partial charge in [0.1, 0.15) is 0 Å². The zero-order chi connectivity index (χ0) is 16.5. The van der Waals surface area contributed by atoms with Gasteiger partial charge in [-0.25, -0.2) is 0 Å². The normalized spacial score (nSPS) is 10.7. The first kappa shape index (κ1) is 20.0. The van der Waals surface area contributed by atoms with Crippen molar-refractivity contribution in [2.45, 2.75) is 13.5 Å². The van der Waals surface area contributed by atoms with Gasteiger partial charge in [0.15, 0.2) is 11.7 Å². The van der Waals surface area contributed by atoms with Crippen molar-refractivity contribution >= 4 is 35.8 Å². The molecule has 0 saturated heterocycles. The van der Waals surface area contributed by atoms with E-state index in [4.69, 9.17) is 4.42 Å². The Morgan fingerprint density at radius 2 is 1.79 bits per heavy atom. The van der Waals surface area contributed by atoms with Crippen LogP contribution in [0.15, 0.2) is 52.1 Å². The number of nitrogens with zero attached hydrogens (tertiary/aromatic N) is 1. The second-order valence-corrected chi connectivity index (χ2v) is 5.07. The predicted molar refractivity (Wildman–Crippen MR) is 106 cm³/mol. The van der Waals surface area contributed by atoms with E-state index in [0.29, 0.717) is 31.4 Å². The largest absolute Gasteiger partial charge is 0.459 e. The molecule has 0 spiro atoms. The fraction of sp³-hybridized carbons (Fsp3) is 0.294. The lowest BCUT2D eigenvalue weighted by atomic mass is 10.1. The summed E-state index contributed by atoms with van der Waals surface area (Å²) in [6, 6.07) is 11.6. The molecule has 1 aromatic carbocycles. The van der Waals surface area contributed by atoms with E-state index in [2.05, 4.69) is 52.1 Å². The minimum Gasteiger partial charge on any atom is -0.459 e.